The number of hydrogen-bond acceptors (Lipinski definition) is 6. The van der Waals surface area contributed by atoms with Crippen LogP contribution in [0.25, 0.3) is 0 Å². The predicted molar refractivity (Wildman–Crippen MR) is 102 cm³/mol. The number of nitro groups is 1. The van der Waals surface area contributed by atoms with Gasteiger partial charge in [0, 0.05) is 25.7 Å². The Morgan fingerprint density at radius 3 is 2.52 bits per heavy atom. The molecule has 0 saturated heterocycles. The van der Waals surface area contributed by atoms with Crippen molar-refractivity contribution in [1.82, 2.24) is 4.31 Å². The number of likely N-dealkylation sites (N-methyl/N-ethyl adjacent to an activating group) is 2. The molecule has 1 unspecified atom stereocenters. The van der Waals surface area contributed by atoms with Gasteiger partial charge in [-0.3, -0.25) is 10.1 Å². The first-order chi connectivity index (χ1) is 12.8. The van der Waals surface area contributed by atoms with Crippen molar-refractivity contribution in [2.24, 2.45) is 0 Å². The summed E-state index contributed by atoms with van der Waals surface area (Å²) >= 11 is 0. The smallest absolute Gasteiger partial charge is 0.269 e. The Balaban J connectivity index is 1.76. The van der Waals surface area contributed by atoms with Crippen LogP contribution in [0.4, 0.5) is 11.4 Å². The number of nitro benzene ring substituents is 1. The van der Waals surface area contributed by atoms with Crippen LogP contribution in [-0.2, 0) is 10.0 Å². The fourth-order valence-electron chi connectivity index (χ4n) is 3.08. The second kappa shape index (κ2) is 7.53. The molecule has 3 rings (SSSR count). The van der Waals surface area contributed by atoms with Crippen molar-refractivity contribution in [3.63, 3.8) is 0 Å². The molecule has 0 fully saturated rings. The lowest BCUT2D eigenvalue weighted by Crippen LogP contribution is -2.46. The Kier molecular flexibility index (Phi) is 5.33. The monoisotopic (exact) mass is 391 g/mol. The Morgan fingerprint density at radius 2 is 1.89 bits per heavy atom. The Morgan fingerprint density at radius 1 is 1.22 bits per heavy atom. The van der Waals surface area contributed by atoms with Crippen molar-refractivity contribution >= 4 is 21.4 Å². The fraction of sp³-hybridized carbons (Fsp3) is 0.333. The van der Waals surface area contributed by atoms with Crippen molar-refractivity contribution in [3.8, 4) is 5.75 Å². The van der Waals surface area contributed by atoms with Gasteiger partial charge in [0.25, 0.3) is 5.69 Å². The summed E-state index contributed by atoms with van der Waals surface area (Å²) in [5.41, 5.74) is 0.847. The van der Waals surface area contributed by atoms with E-state index in [1.54, 1.807) is 0 Å². The minimum atomic E-state index is -3.77. The van der Waals surface area contributed by atoms with E-state index in [0.29, 0.717) is 6.54 Å². The summed E-state index contributed by atoms with van der Waals surface area (Å²) in [5, 5.41) is 10.7. The zero-order chi connectivity index (χ0) is 19.6. The summed E-state index contributed by atoms with van der Waals surface area (Å²) in [6.45, 7) is 3.57. The van der Waals surface area contributed by atoms with Gasteiger partial charge in [-0.15, -0.1) is 0 Å². The lowest BCUT2D eigenvalue weighted by molar-refractivity contribution is -0.384. The molecule has 1 aliphatic heterocycles. The molecule has 0 bridgehead atoms. The van der Waals surface area contributed by atoms with Gasteiger partial charge in [-0.1, -0.05) is 12.1 Å². The maximum absolute atomic E-state index is 12.8. The molecule has 0 aromatic heterocycles. The highest BCUT2D eigenvalue weighted by Gasteiger charge is 2.30. The standard InChI is InChI=1S/C18H21N3O5S/c1-3-20-13-15(26-18-7-5-4-6-17(18)20)12-19(2)27(24,25)16-10-8-14(9-11-16)21(22)23/h4-11,15H,3,12-13H2,1-2H3. The van der Waals surface area contributed by atoms with E-state index in [2.05, 4.69) is 4.90 Å². The molecule has 9 heteroatoms. The maximum Gasteiger partial charge on any atom is 0.269 e. The van der Waals surface area contributed by atoms with Gasteiger partial charge in [0.05, 0.1) is 28.6 Å². The topological polar surface area (TPSA) is 93.0 Å². The van der Waals surface area contributed by atoms with Crippen LogP contribution in [0.5, 0.6) is 5.75 Å². The molecule has 144 valence electrons. The van der Waals surface area contributed by atoms with Crippen LogP contribution in [0.1, 0.15) is 6.92 Å². The van der Waals surface area contributed by atoms with Crippen LogP contribution < -0.4 is 9.64 Å². The Hall–Kier alpha value is -2.65. The number of non-ortho nitro benzene ring substituents is 1. The van der Waals surface area contributed by atoms with Crippen molar-refractivity contribution in [1.29, 1.82) is 0 Å². The molecule has 1 heterocycles. The van der Waals surface area contributed by atoms with E-state index in [1.165, 1.54) is 35.6 Å². The van der Waals surface area contributed by atoms with Crippen molar-refractivity contribution in [3.05, 3.63) is 58.6 Å². The number of rotatable bonds is 6. The highest BCUT2D eigenvalue weighted by molar-refractivity contribution is 7.89. The maximum atomic E-state index is 12.8. The summed E-state index contributed by atoms with van der Waals surface area (Å²) < 4.78 is 32.7. The fourth-order valence-corrected chi connectivity index (χ4v) is 4.28. The minimum absolute atomic E-state index is 0.0131. The molecule has 0 saturated carbocycles. The number of nitrogens with zero attached hydrogens (tertiary/aromatic N) is 3. The normalized spacial score (nSPS) is 16.7. The van der Waals surface area contributed by atoms with Crippen LogP contribution in [0.3, 0.4) is 0 Å². The first-order valence-electron chi connectivity index (χ1n) is 8.54. The number of benzene rings is 2. The first kappa shape index (κ1) is 19.1. The molecule has 0 amide bonds. The molecule has 0 N–H and O–H groups in total. The third kappa shape index (κ3) is 3.88. The molecule has 2 aromatic carbocycles. The van der Waals surface area contributed by atoms with Gasteiger partial charge in [0.1, 0.15) is 11.9 Å². The van der Waals surface area contributed by atoms with E-state index >= 15 is 0 Å². The number of ether oxygens (including phenoxy) is 1. The molecule has 27 heavy (non-hydrogen) atoms. The molecule has 0 aliphatic carbocycles. The molecule has 8 nitrogen and oxygen atoms in total. The van der Waals surface area contributed by atoms with Gasteiger partial charge in [0.15, 0.2) is 0 Å². The SMILES string of the molecule is CCN1CC(CN(C)S(=O)(=O)c2ccc([N+](=O)[O-])cc2)Oc2ccccc21. The Labute approximate surface area is 158 Å². The molecule has 2 aromatic rings. The first-order valence-corrected chi connectivity index (χ1v) is 9.98. The van der Waals surface area contributed by atoms with Crippen LogP contribution >= 0.6 is 0 Å². The summed E-state index contributed by atoms with van der Waals surface area (Å²) in [7, 11) is -2.29. The quantitative estimate of drug-likeness (QED) is 0.555. The highest BCUT2D eigenvalue weighted by atomic mass is 32.2. The van der Waals surface area contributed by atoms with E-state index in [0.717, 1.165) is 18.0 Å². The van der Waals surface area contributed by atoms with Gasteiger partial charge < -0.3 is 9.64 Å². The lowest BCUT2D eigenvalue weighted by Gasteiger charge is -2.36. The van der Waals surface area contributed by atoms with E-state index in [-0.39, 0.29) is 23.2 Å². The van der Waals surface area contributed by atoms with E-state index < -0.39 is 14.9 Å². The molecular weight excluding hydrogens is 370 g/mol. The summed E-state index contributed by atoms with van der Waals surface area (Å²) in [6.07, 6.45) is -0.322. The molecule has 0 spiro atoms. The van der Waals surface area contributed by atoms with Gasteiger partial charge in [-0.2, -0.15) is 4.31 Å². The van der Waals surface area contributed by atoms with Crippen LogP contribution in [0.2, 0.25) is 0 Å². The van der Waals surface area contributed by atoms with Gasteiger partial charge in [-0.25, -0.2) is 8.42 Å². The highest BCUT2D eigenvalue weighted by Crippen LogP contribution is 2.33. The van der Waals surface area contributed by atoms with Crippen LogP contribution in [0, 0.1) is 10.1 Å². The predicted octanol–water partition coefficient (Wildman–Crippen LogP) is 2.50. The number of para-hydroxylation sites is 2. The average molecular weight is 391 g/mol. The third-order valence-electron chi connectivity index (χ3n) is 4.52. The minimum Gasteiger partial charge on any atom is -0.485 e. The molecular formula is C18H21N3O5S. The van der Waals surface area contributed by atoms with E-state index in [1.807, 2.05) is 31.2 Å². The van der Waals surface area contributed by atoms with Crippen LogP contribution in [0.15, 0.2) is 53.4 Å². The lowest BCUT2D eigenvalue weighted by atomic mass is 10.2. The van der Waals surface area contributed by atoms with E-state index in [4.69, 9.17) is 4.74 Å². The van der Waals surface area contributed by atoms with Crippen molar-refractivity contribution in [2.45, 2.75) is 17.9 Å². The van der Waals surface area contributed by atoms with Crippen LogP contribution in [-0.4, -0.2) is 50.4 Å². The van der Waals surface area contributed by atoms with Gasteiger partial charge in [-0.05, 0) is 31.2 Å². The average Bonchev–Trinajstić information content (AvgIpc) is 2.67. The number of sulfonamides is 1. The second-order valence-corrected chi connectivity index (χ2v) is 8.33. The summed E-state index contributed by atoms with van der Waals surface area (Å²) in [4.78, 5) is 12.3. The summed E-state index contributed by atoms with van der Waals surface area (Å²) in [5.74, 6) is 0.733. The molecule has 1 aliphatic rings. The third-order valence-corrected chi connectivity index (χ3v) is 6.36. The second-order valence-electron chi connectivity index (χ2n) is 6.28. The van der Waals surface area contributed by atoms with Gasteiger partial charge in [0.2, 0.25) is 10.0 Å². The molecule has 1 atom stereocenters. The number of hydrogen-bond donors (Lipinski definition) is 0. The molecule has 0 radical (unpaired) electrons. The summed E-state index contributed by atoms with van der Waals surface area (Å²) in [6, 6.07) is 12.5. The number of anilines is 1. The number of fused-ring (bicyclic) bond motifs is 1. The largest absolute Gasteiger partial charge is 0.485 e. The zero-order valence-electron chi connectivity index (χ0n) is 15.1. The Bertz CT molecular complexity index is 930. The van der Waals surface area contributed by atoms with Gasteiger partial charge >= 0.3 is 0 Å². The van der Waals surface area contributed by atoms with Crippen molar-refractivity contribution in [2.75, 3.05) is 31.6 Å². The van der Waals surface area contributed by atoms with E-state index in [9.17, 15) is 18.5 Å². The van der Waals surface area contributed by atoms with Crippen molar-refractivity contribution < 1.29 is 18.1 Å². The zero-order valence-corrected chi connectivity index (χ0v) is 15.9.